The van der Waals surface area contributed by atoms with Crippen LogP contribution in [0.5, 0.6) is 0 Å². The van der Waals surface area contributed by atoms with Crippen molar-refractivity contribution in [2.24, 2.45) is 0 Å². The first kappa shape index (κ1) is 18.8. The van der Waals surface area contributed by atoms with E-state index in [0.29, 0.717) is 6.54 Å². The van der Waals surface area contributed by atoms with Crippen molar-refractivity contribution >= 4 is 6.09 Å². The Morgan fingerprint density at radius 1 is 1.05 bits per heavy atom. The second kappa shape index (κ2) is 14.2. The summed E-state index contributed by atoms with van der Waals surface area (Å²) in [5.74, 6) is 0. The highest BCUT2D eigenvalue weighted by molar-refractivity contribution is 5.67. The maximum atomic E-state index is 11.4. The minimum Gasteiger partial charge on any atom is -0.447 e. The highest BCUT2D eigenvalue weighted by atomic mass is 16.6. The van der Waals surface area contributed by atoms with E-state index >= 15 is 0 Å². The third-order valence-corrected chi connectivity index (χ3v) is 3.19. The van der Waals surface area contributed by atoms with Crippen molar-refractivity contribution in [3.63, 3.8) is 0 Å². The van der Waals surface area contributed by atoms with Crippen LogP contribution in [0.2, 0.25) is 0 Å². The van der Waals surface area contributed by atoms with Gasteiger partial charge in [0.05, 0.1) is 0 Å². The Morgan fingerprint density at radius 2 is 1.65 bits per heavy atom. The lowest BCUT2D eigenvalue weighted by Gasteiger charge is -2.13. The quantitative estimate of drug-likeness (QED) is 0.382. The Morgan fingerprint density at radius 3 is 2.30 bits per heavy atom. The van der Waals surface area contributed by atoms with Crippen molar-refractivity contribution in [2.45, 2.75) is 70.8 Å². The number of unbranched alkanes of at least 4 members (excludes halogenated alkanes) is 6. The third-order valence-electron chi connectivity index (χ3n) is 3.19. The molecule has 20 heavy (non-hydrogen) atoms. The summed E-state index contributed by atoms with van der Waals surface area (Å²) in [6.45, 7) is 9.88. The highest BCUT2D eigenvalue weighted by Crippen LogP contribution is 2.11. The van der Waals surface area contributed by atoms with Gasteiger partial charge in [-0.15, -0.1) is 13.2 Å². The van der Waals surface area contributed by atoms with E-state index in [4.69, 9.17) is 4.74 Å². The molecule has 3 nitrogen and oxygen atoms in total. The number of carbonyl (C=O) groups is 1. The molecule has 1 amide bonds. The van der Waals surface area contributed by atoms with Gasteiger partial charge in [-0.3, -0.25) is 0 Å². The van der Waals surface area contributed by atoms with Gasteiger partial charge in [-0.25, -0.2) is 4.79 Å². The number of nitrogens with one attached hydrogen (secondary N) is 1. The zero-order chi connectivity index (χ0) is 15.1. The van der Waals surface area contributed by atoms with Crippen LogP contribution < -0.4 is 5.32 Å². The molecule has 1 N–H and O–H groups in total. The molecule has 0 heterocycles. The lowest BCUT2D eigenvalue weighted by molar-refractivity contribution is 0.101. The Hall–Kier alpha value is -1.25. The number of allylic oxidation sites excluding steroid dienone is 1. The van der Waals surface area contributed by atoms with Gasteiger partial charge in [0, 0.05) is 6.54 Å². The van der Waals surface area contributed by atoms with Gasteiger partial charge in [-0.1, -0.05) is 37.8 Å². The molecule has 0 fully saturated rings. The summed E-state index contributed by atoms with van der Waals surface area (Å²) in [6, 6.07) is 0. The molecule has 0 rings (SSSR count). The van der Waals surface area contributed by atoms with Gasteiger partial charge in [0.1, 0.15) is 6.10 Å². The molecule has 116 valence electrons. The van der Waals surface area contributed by atoms with Gasteiger partial charge >= 0.3 is 6.09 Å². The van der Waals surface area contributed by atoms with Gasteiger partial charge in [-0.05, 0) is 39.0 Å². The second-order valence-electron chi connectivity index (χ2n) is 5.21. The molecule has 0 spiro atoms. The first-order valence-electron chi connectivity index (χ1n) is 7.87. The lowest BCUT2D eigenvalue weighted by atomic mass is 10.1. The van der Waals surface area contributed by atoms with Gasteiger partial charge in [0.2, 0.25) is 0 Å². The van der Waals surface area contributed by atoms with Crippen LogP contribution >= 0.6 is 0 Å². The zero-order valence-electron chi connectivity index (χ0n) is 13.0. The van der Waals surface area contributed by atoms with Crippen LogP contribution in [-0.2, 0) is 4.74 Å². The number of alkyl carbamates (subject to hydrolysis) is 1. The predicted octanol–water partition coefficient (Wildman–Crippen LogP) is 4.98. The Labute approximate surface area is 124 Å². The molecule has 0 aliphatic carbocycles. The molecule has 0 aromatic heterocycles. The average Bonchev–Trinajstić information content (AvgIpc) is 2.42. The van der Waals surface area contributed by atoms with Crippen molar-refractivity contribution in [1.29, 1.82) is 0 Å². The topological polar surface area (TPSA) is 38.3 Å². The largest absolute Gasteiger partial charge is 0.447 e. The van der Waals surface area contributed by atoms with Gasteiger partial charge in [-0.2, -0.15) is 0 Å². The molecule has 0 aliphatic heterocycles. The number of ether oxygens (including phenoxy) is 1. The minimum absolute atomic E-state index is 0.000466. The monoisotopic (exact) mass is 281 g/mol. The number of rotatable bonds is 13. The molecule has 0 radical (unpaired) electrons. The fourth-order valence-corrected chi connectivity index (χ4v) is 1.99. The summed E-state index contributed by atoms with van der Waals surface area (Å²) >= 11 is 0. The number of carbonyl (C=O) groups excluding carboxylic acids is 1. The van der Waals surface area contributed by atoms with Crippen LogP contribution in [0, 0.1) is 0 Å². The van der Waals surface area contributed by atoms with E-state index in [0.717, 1.165) is 25.7 Å². The number of amides is 1. The molecule has 0 bridgehead atoms. The lowest BCUT2D eigenvalue weighted by Crippen LogP contribution is -2.28. The van der Waals surface area contributed by atoms with Crippen LogP contribution in [0.15, 0.2) is 25.3 Å². The second-order valence-corrected chi connectivity index (χ2v) is 5.21. The summed E-state index contributed by atoms with van der Waals surface area (Å²) in [5.41, 5.74) is 0. The predicted molar refractivity (Wildman–Crippen MR) is 85.9 cm³/mol. The molecular weight excluding hydrogens is 250 g/mol. The molecule has 0 aromatic carbocycles. The van der Waals surface area contributed by atoms with E-state index in [1.165, 1.54) is 32.1 Å². The fourth-order valence-electron chi connectivity index (χ4n) is 1.99. The molecule has 0 saturated carbocycles. The van der Waals surface area contributed by atoms with Crippen LogP contribution in [0.3, 0.4) is 0 Å². The van der Waals surface area contributed by atoms with Crippen molar-refractivity contribution in [3.8, 4) is 0 Å². The summed E-state index contributed by atoms with van der Waals surface area (Å²) in [7, 11) is 0. The molecule has 0 aromatic rings. The Kier molecular flexibility index (Phi) is 13.3. The Bertz CT molecular complexity index is 264. The maximum Gasteiger partial charge on any atom is 0.407 e. The van der Waals surface area contributed by atoms with Gasteiger partial charge in [0.15, 0.2) is 0 Å². The van der Waals surface area contributed by atoms with Crippen LogP contribution in [0.25, 0.3) is 0 Å². The highest BCUT2D eigenvalue weighted by Gasteiger charge is 2.07. The van der Waals surface area contributed by atoms with E-state index in [1.54, 1.807) is 6.08 Å². The van der Waals surface area contributed by atoms with Crippen molar-refractivity contribution in [1.82, 2.24) is 5.32 Å². The van der Waals surface area contributed by atoms with Crippen LogP contribution in [-0.4, -0.2) is 18.7 Å². The summed E-state index contributed by atoms with van der Waals surface area (Å²) in [6.07, 6.45) is 13.8. The van der Waals surface area contributed by atoms with E-state index in [2.05, 4.69) is 18.5 Å². The summed E-state index contributed by atoms with van der Waals surface area (Å²) in [5, 5.41) is 2.70. The molecular formula is C17H31NO2. The van der Waals surface area contributed by atoms with E-state index < -0.39 is 0 Å². The Balaban J connectivity index is 3.35. The molecule has 0 saturated heterocycles. The zero-order valence-corrected chi connectivity index (χ0v) is 13.0. The van der Waals surface area contributed by atoms with Gasteiger partial charge < -0.3 is 10.1 Å². The molecule has 1 unspecified atom stereocenters. The first-order chi connectivity index (χ1) is 9.70. The van der Waals surface area contributed by atoms with E-state index in [-0.39, 0.29) is 12.2 Å². The summed E-state index contributed by atoms with van der Waals surface area (Å²) in [4.78, 5) is 11.4. The van der Waals surface area contributed by atoms with E-state index in [1.807, 2.05) is 13.0 Å². The number of hydrogen-bond donors (Lipinski definition) is 1. The minimum atomic E-state index is -0.316. The number of hydrogen-bond acceptors (Lipinski definition) is 2. The smallest absolute Gasteiger partial charge is 0.407 e. The average molecular weight is 281 g/mol. The van der Waals surface area contributed by atoms with Crippen LogP contribution in [0.1, 0.15) is 64.7 Å². The molecule has 0 aliphatic rings. The maximum absolute atomic E-state index is 11.4. The van der Waals surface area contributed by atoms with E-state index in [9.17, 15) is 4.79 Å². The fraction of sp³-hybridized carbons (Fsp3) is 0.706. The third kappa shape index (κ3) is 13.2. The van der Waals surface area contributed by atoms with Crippen molar-refractivity contribution in [2.75, 3.05) is 6.54 Å². The van der Waals surface area contributed by atoms with Gasteiger partial charge in [0.25, 0.3) is 0 Å². The standard InChI is InChI=1S/C17H31NO2/c1-4-6-8-9-10-11-12-13-14-16(3)20-17(19)18-15-7-5-2/h4-5,16H,1-2,6-15H2,3H3,(H,18,19). The SMILES string of the molecule is C=CCCCCCCCCC(C)OC(=O)NCCC=C. The van der Waals surface area contributed by atoms with Crippen LogP contribution in [0.4, 0.5) is 4.79 Å². The first-order valence-corrected chi connectivity index (χ1v) is 7.87. The molecule has 1 atom stereocenters. The summed E-state index contributed by atoms with van der Waals surface area (Å²) < 4.78 is 5.26. The normalized spacial score (nSPS) is 11.7. The molecule has 3 heteroatoms. The van der Waals surface area contributed by atoms with Crippen molar-refractivity contribution in [3.05, 3.63) is 25.3 Å². The van der Waals surface area contributed by atoms with Crippen molar-refractivity contribution < 1.29 is 9.53 Å².